The number of ether oxygens (including phenoxy) is 2. The predicted octanol–water partition coefficient (Wildman–Crippen LogP) is 2.99. The first-order chi connectivity index (χ1) is 9.65. The minimum absolute atomic E-state index is 0.164. The fourth-order valence-electron chi connectivity index (χ4n) is 2.48. The van der Waals surface area contributed by atoms with Gasteiger partial charge in [-0.15, -0.1) is 0 Å². The molecule has 1 aliphatic carbocycles. The number of benzene rings is 1. The Kier molecular flexibility index (Phi) is 5.69. The summed E-state index contributed by atoms with van der Waals surface area (Å²) in [4.78, 5) is 0. The molecule has 0 saturated heterocycles. The van der Waals surface area contributed by atoms with Gasteiger partial charge in [-0.25, -0.2) is 0 Å². The first-order valence-corrected chi connectivity index (χ1v) is 7.95. The van der Waals surface area contributed by atoms with Gasteiger partial charge < -0.3 is 20.3 Å². The standard InChI is InChI=1S/C15H22BrNO3/c1-2-19-14-8-10(9-17)7-11(16)15(14)20-13-6-4-3-5-12(13)18/h7-8,12-13,18H,2-6,9,17H2,1H3. The smallest absolute Gasteiger partial charge is 0.175 e. The Morgan fingerprint density at radius 3 is 2.75 bits per heavy atom. The second kappa shape index (κ2) is 7.29. The average Bonchev–Trinajstić information content (AvgIpc) is 2.44. The van der Waals surface area contributed by atoms with Crippen molar-refractivity contribution in [2.75, 3.05) is 6.61 Å². The molecule has 112 valence electrons. The van der Waals surface area contributed by atoms with Crippen molar-refractivity contribution >= 4 is 15.9 Å². The highest BCUT2D eigenvalue weighted by Gasteiger charge is 2.26. The van der Waals surface area contributed by atoms with E-state index in [0.29, 0.717) is 24.7 Å². The highest BCUT2D eigenvalue weighted by molar-refractivity contribution is 9.10. The largest absolute Gasteiger partial charge is 0.490 e. The molecule has 4 nitrogen and oxygen atoms in total. The first kappa shape index (κ1) is 15.6. The minimum atomic E-state index is -0.403. The van der Waals surface area contributed by atoms with E-state index in [9.17, 15) is 5.11 Å². The number of rotatable bonds is 5. The summed E-state index contributed by atoms with van der Waals surface area (Å²) in [5, 5.41) is 10.0. The molecular formula is C15H22BrNO3. The van der Waals surface area contributed by atoms with Crippen LogP contribution in [0.15, 0.2) is 16.6 Å². The predicted molar refractivity (Wildman–Crippen MR) is 82.1 cm³/mol. The maximum absolute atomic E-state index is 10.0. The zero-order chi connectivity index (χ0) is 14.5. The Morgan fingerprint density at radius 1 is 1.35 bits per heavy atom. The summed E-state index contributed by atoms with van der Waals surface area (Å²) < 4.78 is 12.5. The molecule has 1 fully saturated rings. The van der Waals surface area contributed by atoms with Crippen LogP contribution in [0.4, 0.5) is 0 Å². The molecule has 20 heavy (non-hydrogen) atoms. The molecular weight excluding hydrogens is 322 g/mol. The van der Waals surface area contributed by atoms with E-state index in [-0.39, 0.29) is 6.10 Å². The van der Waals surface area contributed by atoms with Crippen LogP contribution in [0.3, 0.4) is 0 Å². The number of aliphatic hydroxyl groups is 1. The molecule has 2 rings (SSSR count). The molecule has 2 unspecified atom stereocenters. The van der Waals surface area contributed by atoms with Crippen molar-refractivity contribution in [1.29, 1.82) is 0 Å². The van der Waals surface area contributed by atoms with Gasteiger partial charge in [0.2, 0.25) is 0 Å². The fourth-order valence-corrected chi connectivity index (χ4v) is 3.07. The maximum atomic E-state index is 10.0. The van der Waals surface area contributed by atoms with Crippen LogP contribution >= 0.6 is 15.9 Å². The minimum Gasteiger partial charge on any atom is -0.490 e. The van der Waals surface area contributed by atoms with E-state index in [1.165, 1.54) is 0 Å². The molecule has 0 aliphatic heterocycles. The molecule has 0 aromatic heterocycles. The molecule has 2 atom stereocenters. The lowest BCUT2D eigenvalue weighted by atomic mass is 9.95. The fraction of sp³-hybridized carbons (Fsp3) is 0.600. The summed E-state index contributed by atoms with van der Waals surface area (Å²) in [5.74, 6) is 1.34. The molecule has 1 aromatic rings. The summed E-state index contributed by atoms with van der Waals surface area (Å²) in [6.07, 6.45) is 3.25. The zero-order valence-corrected chi connectivity index (χ0v) is 13.4. The van der Waals surface area contributed by atoms with Crippen molar-refractivity contribution in [2.45, 2.75) is 51.4 Å². The van der Waals surface area contributed by atoms with Gasteiger partial charge in [0, 0.05) is 6.54 Å². The summed E-state index contributed by atoms with van der Waals surface area (Å²) >= 11 is 3.51. The summed E-state index contributed by atoms with van der Waals surface area (Å²) in [6.45, 7) is 2.94. The van der Waals surface area contributed by atoms with Gasteiger partial charge in [-0.3, -0.25) is 0 Å². The van der Waals surface area contributed by atoms with E-state index in [1.54, 1.807) is 0 Å². The average molecular weight is 344 g/mol. The highest BCUT2D eigenvalue weighted by atomic mass is 79.9. The third-order valence-corrected chi connectivity index (χ3v) is 4.13. The van der Waals surface area contributed by atoms with Crippen molar-refractivity contribution in [1.82, 2.24) is 0 Å². The van der Waals surface area contributed by atoms with E-state index in [4.69, 9.17) is 15.2 Å². The normalized spacial score (nSPS) is 22.6. The summed E-state index contributed by atoms with van der Waals surface area (Å²) in [5.41, 5.74) is 6.67. The lowest BCUT2D eigenvalue weighted by molar-refractivity contribution is 0.00503. The van der Waals surface area contributed by atoms with Crippen LogP contribution in [0.25, 0.3) is 0 Å². The van der Waals surface area contributed by atoms with E-state index >= 15 is 0 Å². The monoisotopic (exact) mass is 343 g/mol. The van der Waals surface area contributed by atoms with Crippen LogP contribution in [-0.4, -0.2) is 23.9 Å². The third kappa shape index (κ3) is 3.65. The maximum Gasteiger partial charge on any atom is 0.175 e. The van der Waals surface area contributed by atoms with Gasteiger partial charge in [-0.2, -0.15) is 0 Å². The van der Waals surface area contributed by atoms with Crippen molar-refractivity contribution in [3.05, 3.63) is 22.2 Å². The van der Waals surface area contributed by atoms with Gasteiger partial charge in [-0.05, 0) is 59.8 Å². The van der Waals surface area contributed by atoms with Crippen LogP contribution in [0.1, 0.15) is 38.2 Å². The molecule has 0 heterocycles. The van der Waals surface area contributed by atoms with Crippen molar-refractivity contribution < 1.29 is 14.6 Å². The number of hydrogen-bond acceptors (Lipinski definition) is 4. The Hall–Kier alpha value is -0.780. The molecule has 5 heteroatoms. The Labute approximate surface area is 128 Å². The van der Waals surface area contributed by atoms with Gasteiger partial charge in [0.05, 0.1) is 17.2 Å². The number of halogens is 1. The van der Waals surface area contributed by atoms with E-state index in [2.05, 4.69) is 15.9 Å². The lowest BCUT2D eigenvalue weighted by Gasteiger charge is -2.29. The van der Waals surface area contributed by atoms with Gasteiger partial charge in [0.15, 0.2) is 11.5 Å². The van der Waals surface area contributed by atoms with Crippen LogP contribution < -0.4 is 15.2 Å². The molecule has 0 amide bonds. The second-order valence-corrected chi connectivity index (χ2v) is 5.90. The van der Waals surface area contributed by atoms with E-state index in [0.717, 1.165) is 35.7 Å². The van der Waals surface area contributed by atoms with Gasteiger partial charge >= 0.3 is 0 Å². The molecule has 0 bridgehead atoms. The first-order valence-electron chi connectivity index (χ1n) is 7.15. The SMILES string of the molecule is CCOc1cc(CN)cc(Br)c1OC1CCCCC1O. The van der Waals surface area contributed by atoms with Crippen LogP contribution in [0.2, 0.25) is 0 Å². The topological polar surface area (TPSA) is 64.7 Å². The Balaban J connectivity index is 2.24. The van der Waals surface area contributed by atoms with Gasteiger partial charge in [-0.1, -0.05) is 6.42 Å². The van der Waals surface area contributed by atoms with Crippen molar-refractivity contribution in [3.63, 3.8) is 0 Å². The number of nitrogens with two attached hydrogens (primary N) is 1. The number of hydrogen-bond donors (Lipinski definition) is 2. The van der Waals surface area contributed by atoms with Crippen molar-refractivity contribution in [3.8, 4) is 11.5 Å². The second-order valence-electron chi connectivity index (χ2n) is 5.05. The third-order valence-electron chi connectivity index (χ3n) is 3.54. The van der Waals surface area contributed by atoms with E-state index in [1.807, 2.05) is 19.1 Å². The quantitative estimate of drug-likeness (QED) is 0.862. The van der Waals surface area contributed by atoms with Crippen LogP contribution in [-0.2, 0) is 6.54 Å². The zero-order valence-electron chi connectivity index (χ0n) is 11.8. The molecule has 1 saturated carbocycles. The summed E-state index contributed by atoms with van der Waals surface area (Å²) in [7, 11) is 0. The van der Waals surface area contributed by atoms with Crippen molar-refractivity contribution in [2.24, 2.45) is 5.73 Å². The molecule has 1 aliphatic rings. The van der Waals surface area contributed by atoms with Gasteiger partial charge in [0.25, 0.3) is 0 Å². The molecule has 3 N–H and O–H groups in total. The van der Waals surface area contributed by atoms with Crippen LogP contribution in [0.5, 0.6) is 11.5 Å². The Bertz CT molecular complexity index is 453. The van der Waals surface area contributed by atoms with Gasteiger partial charge in [0.1, 0.15) is 6.10 Å². The van der Waals surface area contributed by atoms with E-state index < -0.39 is 6.10 Å². The highest BCUT2D eigenvalue weighted by Crippen LogP contribution is 2.39. The lowest BCUT2D eigenvalue weighted by Crippen LogP contribution is -2.34. The molecule has 0 radical (unpaired) electrons. The number of aliphatic hydroxyl groups excluding tert-OH is 1. The van der Waals surface area contributed by atoms with Crippen LogP contribution in [0, 0.1) is 0 Å². The summed E-state index contributed by atoms with van der Waals surface area (Å²) in [6, 6.07) is 3.84. The Morgan fingerprint density at radius 2 is 2.10 bits per heavy atom. The molecule has 0 spiro atoms. The molecule has 1 aromatic carbocycles.